The molecule has 0 spiro atoms. The van der Waals surface area contributed by atoms with Crippen LogP contribution in [-0.4, -0.2) is 21.6 Å². The monoisotopic (exact) mass is 204 g/mol. The molecule has 2 N–H and O–H groups in total. The quantitative estimate of drug-likeness (QED) is 0.798. The summed E-state index contributed by atoms with van der Waals surface area (Å²) in [5.74, 6) is 1.65. The third-order valence-electron chi connectivity index (χ3n) is 1.99. The number of nitrogen functional groups attached to an aromatic ring is 1. The Kier molecular flexibility index (Phi) is 2.37. The number of aromatic nitrogens is 3. The summed E-state index contributed by atoms with van der Waals surface area (Å²) in [6, 6.07) is 1.76. The summed E-state index contributed by atoms with van der Waals surface area (Å²) >= 11 is 0. The van der Waals surface area contributed by atoms with E-state index >= 15 is 0 Å². The zero-order valence-corrected chi connectivity index (χ0v) is 8.69. The van der Waals surface area contributed by atoms with Gasteiger partial charge in [0.25, 0.3) is 0 Å². The van der Waals surface area contributed by atoms with Gasteiger partial charge in [-0.1, -0.05) is 0 Å². The molecule has 0 fully saturated rings. The van der Waals surface area contributed by atoms with Crippen molar-refractivity contribution in [2.75, 3.05) is 12.3 Å². The van der Waals surface area contributed by atoms with Crippen LogP contribution >= 0.6 is 0 Å². The van der Waals surface area contributed by atoms with Gasteiger partial charge in [0.1, 0.15) is 11.6 Å². The van der Waals surface area contributed by atoms with Gasteiger partial charge in [-0.15, -0.1) is 0 Å². The van der Waals surface area contributed by atoms with Gasteiger partial charge in [0.15, 0.2) is 0 Å². The van der Waals surface area contributed by atoms with E-state index in [0.29, 0.717) is 24.1 Å². The minimum atomic E-state index is 0.459. The molecule has 2 heterocycles. The van der Waals surface area contributed by atoms with Crippen molar-refractivity contribution in [1.29, 1.82) is 0 Å². The third-order valence-corrected chi connectivity index (χ3v) is 1.99. The van der Waals surface area contributed by atoms with Crippen molar-refractivity contribution in [1.82, 2.24) is 15.0 Å². The summed E-state index contributed by atoms with van der Waals surface area (Å²) in [4.78, 5) is 12.4. The van der Waals surface area contributed by atoms with Crippen molar-refractivity contribution >= 4 is 16.7 Å². The van der Waals surface area contributed by atoms with Crippen LogP contribution in [0.4, 0.5) is 5.82 Å². The summed E-state index contributed by atoms with van der Waals surface area (Å²) in [6.07, 6.45) is 1.64. The predicted octanol–water partition coefficient (Wildman–Crippen LogP) is 1.31. The topological polar surface area (TPSA) is 73.9 Å². The molecule has 0 amide bonds. The number of pyridine rings is 1. The van der Waals surface area contributed by atoms with Crippen LogP contribution in [0.1, 0.15) is 12.7 Å². The van der Waals surface area contributed by atoms with Crippen LogP contribution in [0, 0.1) is 6.92 Å². The fraction of sp³-hybridized carbons (Fsp3) is 0.300. The number of nitrogens with two attached hydrogens (primary N) is 1. The van der Waals surface area contributed by atoms with Crippen LogP contribution in [0.25, 0.3) is 10.9 Å². The molecule has 0 aliphatic carbocycles. The van der Waals surface area contributed by atoms with Crippen molar-refractivity contribution in [3.63, 3.8) is 0 Å². The smallest absolute Gasteiger partial charge is 0.214 e. The van der Waals surface area contributed by atoms with E-state index in [1.54, 1.807) is 19.2 Å². The highest BCUT2D eigenvalue weighted by Crippen LogP contribution is 2.20. The Morgan fingerprint density at radius 2 is 2.20 bits per heavy atom. The van der Waals surface area contributed by atoms with E-state index in [9.17, 15) is 0 Å². The number of fused-ring (bicyclic) bond motifs is 1. The maximum atomic E-state index is 5.79. The van der Waals surface area contributed by atoms with Crippen LogP contribution in [0.5, 0.6) is 5.88 Å². The first-order chi connectivity index (χ1) is 7.20. The number of hydrogen-bond donors (Lipinski definition) is 1. The van der Waals surface area contributed by atoms with Gasteiger partial charge in [-0.3, -0.25) is 0 Å². The average molecular weight is 204 g/mol. The van der Waals surface area contributed by atoms with Gasteiger partial charge in [-0.05, 0) is 13.8 Å². The molecular weight excluding hydrogens is 192 g/mol. The standard InChI is InChI=1S/C10H12N4O/c1-3-15-9-4-7-8(5-12-9)13-6(2)14-10(7)11/h4-5H,3H2,1-2H3,(H2,11,13,14). The Labute approximate surface area is 87.3 Å². The van der Waals surface area contributed by atoms with Crippen LogP contribution in [0.3, 0.4) is 0 Å². The molecule has 5 heteroatoms. The van der Waals surface area contributed by atoms with Gasteiger partial charge in [0, 0.05) is 11.5 Å². The van der Waals surface area contributed by atoms with Crippen molar-refractivity contribution in [3.8, 4) is 5.88 Å². The fourth-order valence-electron chi connectivity index (χ4n) is 1.38. The van der Waals surface area contributed by atoms with Crippen LogP contribution in [0.2, 0.25) is 0 Å². The van der Waals surface area contributed by atoms with E-state index in [2.05, 4.69) is 15.0 Å². The lowest BCUT2D eigenvalue weighted by Gasteiger charge is -2.05. The molecule has 0 radical (unpaired) electrons. The normalized spacial score (nSPS) is 10.5. The molecule has 5 nitrogen and oxygen atoms in total. The second kappa shape index (κ2) is 3.68. The largest absolute Gasteiger partial charge is 0.478 e. The molecule has 2 rings (SSSR count). The summed E-state index contributed by atoms with van der Waals surface area (Å²) in [5.41, 5.74) is 6.53. The van der Waals surface area contributed by atoms with Crippen molar-refractivity contribution in [2.45, 2.75) is 13.8 Å². The van der Waals surface area contributed by atoms with E-state index in [0.717, 1.165) is 10.9 Å². The lowest BCUT2D eigenvalue weighted by molar-refractivity contribution is 0.327. The molecule has 0 unspecified atom stereocenters. The lowest BCUT2D eigenvalue weighted by atomic mass is 10.3. The first-order valence-corrected chi connectivity index (χ1v) is 4.73. The Morgan fingerprint density at radius 1 is 1.40 bits per heavy atom. The van der Waals surface area contributed by atoms with Gasteiger partial charge in [-0.2, -0.15) is 0 Å². The number of aryl methyl sites for hydroxylation is 1. The maximum Gasteiger partial charge on any atom is 0.214 e. The molecule has 0 aliphatic heterocycles. The van der Waals surface area contributed by atoms with Crippen molar-refractivity contribution in [2.24, 2.45) is 0 Å². The number of ether oxygens (including phenoxy) is 1. The maximum absolute atomic E-state index is 5.79. The summed E-state index contributed by atoms with van der Waals surface area (Å²) < 4.78 is 5.28. The lowest BCUT2D eigenvalue weighted by Crippen LogP contribution is -1.99. The molecule has 78 valence electrons. The Hall–Kier alpha value is -1.91. The van der Waals surface area contributed by atoms with Gasteiger partial charge >= 0.3 is 0 Å². The van der Waals surface area contributed by atoms with E-state index in [4.69, 9.17) is 10.5 Å². The van der Waals surface area contributed by atoms with Gasteiger partial charge < -0.3 is 10.5 Å². The zero-order chi connectivity index (χ0) is 10.8. The molecule has 2 aromatic heterocycles. The van der Waals surface area contributed by atoms with Gasteiger partial charge in [0.2, 0.25) is 5.88 Å². The third kappa shape index (κ3) is 1.81. The Bertz CT molecular complexity index is 498. The second-order valence-electron chi connectivity index (χ2n) is 3.13. The molecular formula is C10H12N4O. The van der Waals surface area contributed by atoms with Gasteiger partial charge in [0.05, 0.1) is 18.3 Å². The fourth-order valence-corrected chi connectivity index (χ4v) is 1.38. The number of nitrogens with zero attached hydrogens (tertiary/aromatic N) is 3. The Morgan fingerprint density at radius 3 is 2.93 bits per heavy atom. The minimum absolute atomic E-state index is 0.459. The first-order valence-electron chi connectivity index (χ1n) is 4.73. The molecule has 0 aromatic carbocycles. The summed E-state index contributed by atoms with van der Waals surface area (Å²) in [7, 11) is 0. The van der Waals surface area contributed by atoms with E-state index in [1.165, 1.54) is 0 Å². The van der Waals surface area contributed by atoms with Crippen LogP contribution in [-0.2, 0) is 0 Å². The SMILES string of the molecule is CCOc1cc2c(N)nc(C)nc2cn1. The summed E-state index contributed by atoms with van der Waals surface area (Å²) in [5, 5.41) is 0.777. The Balaban J connectivity index is 2.60. The molecule has 0 atom stereocenters. The van der Waals surface area contributed by atoms with Crippen LogP contribution < -0.4 is 10.5 Å². The van der Waals surface area contributed by atoms with Crippen molar-refractivity contribution < 1.29 is 4.74 Å². The number of hydrogen-bond acceptors (Lipinski definition) is 5. The van der Waals surface area contributed by atoms with Gasteiger partial charge in [-0.25, -0.2) is 15.0 Å². The number of anilines is 1. The van der Waals surface area contributed by atoms with E-state index in [-0.39, 0.29) is 0 Å². The number of rotatable bonds is 2. The van der Waals surface area contributed by atoms with E-state index in [1.807, 2.05) is 6.92 Å². The van der Waals surface area contributed by atoms with Crippen molar-refractivity contribution in [3.05, 3.63) is 18.1 Å². The minimum Gasteiger partial charge on any atom is -0.478 e. The zero-order valence-electron chi connectivity index (χ0n) is 8.69. The highest BCUT2D eigenvalue weighted by molar-refractivity contribution is 5.88. The highest BCUT2D eigenvalue weighted by Gasteiger charge is 2.05. The summed E-state index contributed by atoms with van der Waals surface area (Å²) in [6.45, 7) is 4.28. The molecule has 0 bridgehead atoms. The molecule has 2 aromatic rings. The second-order valence-corrected chi connectivity index (χ2v) is 3.13. The first kappa shape index (κ1) is 9.64. The molecule has 0 saturated carbocycles. The van der Waals surface area contributed by atoms with E-state index < -0.39 is 0 Å². The molecule has 0 saturated heterocycles. The highest BCUT2D eigenvalue weighted by atomic mass is 16.5. The van der Waals surface area contributed by atoms with Crippen LogP contribution in [0.15, 0.2) is 12.3 Å². The predicted molar refractivity (Wildman–Crippen MR) is 57.7 cm³/mol. The average Bonchev–Trinajstić information content (AvgIpc) is 2.19. The molecule has 0 aliphatic rings. The molecule has 15 heavy (non-hydrogen) atoms.